The maximum Gasteiger partial charge on any atom is 0.311 e. The summed E-state index contributed by atoms with van der Waals surface area (Å²) in [6.07, 6.45) is 10.3. The van der Waals surface area contributed by atoms with Crippen molar-refractivity contribution in [2.24, 2.45) is 0 Å². The molecular formula is C16H22O2. The highest BCUT2D eigenvalue weighted by Crippen LogP contribution is 2.10. The summed E-state index contributed by atoms with van der Waals surface area (Å²) < 4.78 is 5.19. The van der Waals surface area contributed by atoms with Crippen LogP contribution in [0.15, 0.2) is 42.5 Å². The summed E-state index contributed by atoms with van der Waals surface area (Å²) in [4.78, 5) is 11.5. The molecular weight excluding hydrogens is 224 g/mol. The van der Waals surface area contributed by atoms with Gasteiger partial charge in [-0.05, 0) is 31.4 Å². The molecule has 0 bridgehead atoms. The zero-order valence-corrected chi connectivity index (χ0v) is 11.1. The summed E-state index contributed by atoms with van der Waals surface area (Å²) >= 11 is 0. The van der Waals surface area contributed by atoms with Gasteiger partial charge in [-0.2, -0.15) is 0 Å². The summed E-state index contributed by atoms with van der Waals surface area (Å²) in [5.41, 5.74) is 0. The number of benzene rings is 1. The van der Waals surface area contributed by atoms with Crippen LogP contribution in [0.2, 0.25) is 0 Å². The van der Waals surface area contributed by atoms with Crippen molar-refractivity contribution in [1.29, 1.82) is 0 Å². The fourth-order valence-corrected chi connectivity index (χ4v) is 1.62. The van der Waals surface area contributed by atoms with Crippen molar-refractivity contribution >= 4 is 5.97 Å². The van der Waals surface area contributed by atoms with Crippen molar-refractivity contribution in [3.63, 3.8) is 0 Å². The van der Waals surface area contributed by atoms with Gasteiger partial charge in [-0.3, -0.25) is 4.79 Å². The molecule has 0 aromatic heterocycles. The van der Waals surface area contributed by atoms with Crippen LogP contribution >= 0.6 is 0 Å². The Hall–Kier alpha value is -1.57. The monoisotopic (exact) mass is 246 g/mol. The van der Waals surface area contributed by atoms with Gasteiger partial charge in [0.25, 0.3) is 0 Å². The standard InChI is InChI=1S/C16H22O2/c1-2-3-4-5-6-7-11-14-16(17)18-15-12-9-8-10-13-15/h6-10,12-13H,2-5,11,14H2,1H3/b7-6+. The van der Waals surface area contributed by atoms with Crippen LogP contribution in [0.25, 0.3) is 0 Å². The molecule has 0 aliphatic carbocycles. The van der Waals surface area contributed by atoms with Crippen LogP contribution in [0.1, 0.15) is 45.4 Å². The Kier molecular flexibility index (Phi) is 7.61. The molecule has 2 nitrogen and oxygen atoms in total. The number of carbonyl (C=O) groups excluding carboxylic acids is 1. The summed E-state index contributed by atoms with van der Waals surface area (Å²) in [5.74, 6) is 0.453. The molecule has 0 saturated carbocycles. The Morgan fingerprint density at radius 2 is 1.83 bits per heavy atom. The molecule has 1 aromatic rings. The van der Waals surface area contributed by atoms with Crippen molar-refractivity contribution in [2.75, 3.05) is 0 Å². The van der Waals surface area contributed by atoms with Gasteiger partial charge < -0.3 is 4.74 Å². The molecule has 18 heavy (non-hydrogen) atoms. The average Bonchev–Trinajstić information content (AvgIpc) is 2.39. The van der Waals surface area contributed by atoms with Crippen LogP contribution in [0.4, 0.5) is 0 Å². The van der Waals surface area contributed by atoms with E-state index in [1.54, 1.807) is 12.1 Å². The van der Waals surface area contributed by atoms with Crippen molar-refractivity contribution in [3.8, 4) is 5.75 Å². The number of para-hydroxylation sites is 1. The van der Waals surface area contributed by atoms with E-state index in [2.05, 4.69) is 19.1 Å². The molecule has 0 heterocycles. The number of rotatable bonds is 8. The lowest BCUT2D eigenvalue weighted by Gasteiger charge is -2.02. The van der Waals surface area contributed by atoms with Gasteiger partial charge in [0.2, 0.25) is 0 Å². The van der Waals surface area contributed by atoms with E-state index in [-0.39, 0.29) is 5.97 Å². The maximum absolute atomic E-state index is 11.5. The second kappa shape index (κ2) is 9.46. The number of hydrogen-bond donors (Lipinski definition) is 0. The van der Waals surface area contributed by atoms with Crippen molar-refractivity contribution in [1.82, 2.24) is 0 Å². The lowest BCUT2D eigenvalue weighted by Crippen LogP contribution is -2.06. The molecule has 0 spiro atoms. The largest absolute Gasteiger partial charge is 0.427 e. The van der Waals surface area contributed by atoms with E-state index in [0.717, 1.165) is 12.8 Å². The molecule has 1 rings (SSSR count). The van der Waals surface area contributed by atoms with Crippen molar-refractivity contribution < 1.29 is 9.53 Å². The Bertz CT molecular complexity index is 355. The summed E-state index contributed by atoms with van der Waals surface area (Å²) in [6.45, 7) is 2.20. The Morgan fingerprint density at radius 3 is 2.56 bits per heavy atom. The van der Waals surface area contributed by atoms with Crippen LogP contribution in [-0.4, -0.2) is 5.97 Å². The van der Waals surface area contributed by atoms with E-state index in [1.165, 1.54) is 19.3 Å². The predicted molar refractivity (Wildman–Crippen MR) is 74.6 cm³/mol. The Morgan fingerprint density at radius 1 is 1.11 bits per heavy atom. The van der Waals surface area contributed by atoms with Crippen LogP contribution < -0.4 is 4.74 Å². The molecule has 2 heteroatoms. The van der Waals surface area contributed by atoms with Crippen molar-refractivity contribution in [3.05, 3.63) is 42.5 Å². The number of esters is 1. The fourth-order valence-electron chi connectivity index (χ4n) is 1.62. The summed E-state index contributed by atoms with van der Waals surface area (Å²) in [5, 5.41) is 0. The third-order valence-corrected chi connectivity index (χ3v) is 2.63. The zero-order chi connectivity index (χ0) is 13.1. The number of carbonyl (C=O) groups is 1. The predicted octanol–water partition coefficient (Wildman–Crippen LogP) is 4.51. The number of allylic oxidation sites excluding steroid dienone is 2. The molecule has 0 amide bonds. The van der Waals surface area contributed by atoms with Crippen LogP contribution in [0.5, 0.6) is 5.75 Å². The van der Waals surface area contributed by atoms with Crippen LogP contribution in [0.3, 0.4) is 0 Å². The zero-order valence-electron chi connectivity index (χ0n) is 11.1. The normalized spacial score (nSPS) is 10.7. The first kappa shape index (κ1) is 14.5. The van der Waals surface area contributed by atoms with Gasteiger partial charge in [0.05, 0.1) is 0 Å². The molecule has 0 aliphatic rings. The van der Waals surface area contributed by atoms with E-state index >= 15 is 0 Å². The number of unbranched alkanes of at least 4 members (excludes halogenated alkanes) is 3. The molecule has 98 valence electrons. The van der Waals surface area contributed by atoms with Crippen LogP contribution in [0, 0.1) is 0 Å². The van der Waals surface area contributed by atoms with E-state index in [4.69, 9.17) is 4.74 Å². The van der Waals surface area contributed by atoms with Gasteiger partial charge in [0, 0.05) is 6.42 Å². The highest BCUT2D eigenvalue weighted by molar-refractivity contribution is 5.72. The highest BCUT2D eigenvalue weighted by atomic mass is 16.5. The molecule has 0 saturated heterocycles. The quantitative estimate of drug-likeness (QED) is 0.292. The number of ether oxygens (including phenoxy) is 1. The first-order valence-corrected chi connectivity index (χ1v) is 6.73. The van der Waals surface area contributed by atoms with E-state index in [0.29, 0.717) is 12.2 Å². The summed E-state index contributed by atoms with van der Waals surface area (Å²) in [7, 11) is 0. The van der Waals surface area contributed by atoms with E-state index in [9.17, 15) is 4.79 Å². The lowest BCUT2D eigenvalue weighted by molar-refractivity contribution is -0.134. The first-order valence-electron chi connectivity index (χ1n) is 6.73. The summed E-state index contributed by atoms with van der Waals surface area (Å²) in [6, 6.07) is 9.19. The molecule has 0 radical (unpaired) electrons. The lowest BCUT2D eigenvalue weighted by atomic mass is 10.2. The van der Waals surface area contributed by atoms with Gasteiger partial charge in [0.15, 0.2) is 0 Å². The average molecular weight is 246 g/mol. The molecule has 0 aliphatic heterocycles. The minimum Gasteiger partial charge on any atom is -0.427 e. The molecule has 0 atom stereocenters. The van der Waals surface area contributed by atoms with E-state index in [1.807, 2.05) is 18.2 Å². The van der Waals surface area contributed by atoms with Gasteiger partial charge in [0.1, 0.15) is 5.75 Å². The number of hydrogen-bond acceptors (Lipinski definition) is 2. The second-order valence-corrected chi connectivity index (χ2v) is 4.29. The minimum absolute atomic E-state index is 0.167. The third kappa shape index (κ3) is 6.89. The minimum atomic E-state index is -0.167. The smallest absolute Gasteiger partial charge is 0.311 e. The maximum atomic E-state index is 11.5. The van der Waals surface area contributed by atoms with Crippen LogP contribution in [-0.2, 0) is 4.79 Å². The Balaban J connectivity index is 2.10. The first-order chi connectivity index (χ1) is 8.83. The fraction of sp³-hybridized carbons (Fsp3) is 0.438. The van der Waals surface area contributed by atoms with Crippen molar-refractivity contribution in [2.45, 2.75) is 45.4 Å². The Labute approximate surface area is 110 Å². The molecule has 0 N–H and O–H groups in total. The highest BCUT2D eigenvalue weighted by Gasteiger charge is 2.02. The second-order valence-electron chi connectivity index (χ2n) is 4.29. The van der Waals surface area contributed by atoms with E-state index < -0.39 is 0 Å². The topological polar surface area (TPSA) is 26.3 Å². The van der Waals surface area contributed by atoms with Gasteiger partial charge in [-0.15, -0.1) is 0 Å². The molecule has 0 fully saturated rings. The van der Waals surface area contributed by atoms with Gasteiger partial charge >= 0.3 is 5.97 Å². The SMILES string of the molecule is CCCCC/C=C/CCC(=O)Oc1ccccc1. The third-order valence-electron chi connectivity index (χ3n) is 2.63. The van der Waals surface area contributed by atoms with Gasteiger partial charge in [-0.1, -0.05) is 50.1 Å². The van der Waals surface area contributed by atoms with Gasteiger partial charge in [-0.25, -0.2) is 0 Å². The molecule has 0 unspecified atom stereocenters. The molecule has 1 aromatic carbocycles.